The Morgan fingerprint density at radius 3 is 2.53 bits per heavy atom. The van der Waals surface area contributed by atoms with E-state index in [1.165, 1.54) is 31.4 Å². The molecule has 17 heavy (non-hydrogen) atoms. The first-order chi connectivity index (χ1) is 8.28. The number of hydrogen-bond donors (Lipinski definition) is 0. The van der Waals surface area contributed by atoms with Crippen LogP contribution in [0.5, 0.6) is 0 Å². The van der Waals surface area contributed by atoms with Gasteiger partial charge in [-0.3, -0.25) is 4.90 Å². The van der Waals surface area contributed by atoms with Crippen molar-refractivity contribution in [3.63, 3.8) is 0 Å². The van der Waals surface area contributed by atoms with E-state index in [0.29, 0.717) is 0 Å². The van der Waals surface area contributed by atoms with Crippen molar-refractivity contribution in [2.45, 2.75) is 44.2 Å². The Hall–Kier alpha value is -0.860. The summed E-state index contributed by atoms with van der Waals surface area (Å²) in [4.78, 5) is 2.51. The molecule has 1 aromatic rings. The van der Waals surface area contributed by atoms with Crippen LogP contribution in [0.2, 0.25) is 0 Å². The van der Waals surface area contributed by atoms with Crippen molar-refractivity contribution >= 4 is 0 Å². The van der Waals surface area contributed by atoms with Gasteiger partial charge in [-0.1, -0.05) is 36.8 Å². The van der Waals surface area contributed by atoms with E-state index < -0.39 is 0 Å². The highest BCUT2D eigenvalue weighted by atomic mass is 16.5. The topological polar surface area (TPSA) is 12.5 Å². The molecule has 1 heterocycles. The van der Waals surface area contributed by atoms with Crippen LogP contribution in [-0.2, 0) is 10.3 Å². The molecule has 2 fully saturated rings. The zero-order valence-electron chi connectivity index (χ0n) is 10.6. The van der Waals surface area contributed by atoms with Crippen LogP contribution in [0.1, 0.15) is 38.2 Å². The van der Waals surface area contributed by atoms with Crippen LogP contribution in [0.25, 0.3) is 0 Å². The van der Waals surface area contributed by atoms with Gasteiger partial charge in [0.15, 0.2) is 0 Å². The van der Waals surface area contributed by atoms with Crippen LogP contribution in [0.4, 0.5) is 0 Å². The lowest BCUT2D eigenvalue weighted by Gasteiger charge is -2.45. The Morgan fingerprint density at radius 1 is 1.24 bits per heavy atom. The van der Waals surface area contributed by atoms with Crippen molar-refractivity contribution in [1.82, 2.24) is 4.90 Å². The third-order valence-corrected chi connectivity index (χ3v) is 4.40. The average molecular weight is 231 g/mol. The van der Waals surface area contributed by atoms with Crippen molar-refractivity contribution in [3.05, 3.63) is 35.9 Å². The summed E-state index contributed by atoms with van der Waals surface area (Å²) in [6.07, 6.45) is 5.24. The molecule has 1 saturated heterocycles. The molecular formula is C15H21NO. The molecule has 0 N–H and O–H groups in total. The summed E-state index contributed by atoms with van der Waals surface area (Å²) < 4.78 is 6.15. The molecule has 1 saturated carbocycles. The fourth-order valence-electron chi connectivity index (χ4n) is 2.78. The van der Waals surface area contributed by atoms with Gasteiger partial charge in [-0.25, -0.2) is 0 Å². The number of rotatable bonds is 2. The highest BCUT2D eigenvalue weighted by Crippen LogP contribution is 2.35. The van der Waals surface area contributed by atoms with E-state index >= 15 is 0 Å². The zero-order chi connectivity index (χ0) is 11.7. The second-order valence-corrected chi connectivity index (χ2v) is 5.52. The van der Waals surface area contributed by atoms with E-state index in [-0.39, 0.29) is 5.60 Å². The number of nitrogens with zero attached hydrogens (tertiary/aromatic N) is 1. The van der Waals surface area contributed by atoms with E-state index in [9.17, 15) is 0 Å². The Labute approximate surface area is 104 Å². The standard InChI is InChI=1S/C15H21NO/c1-15(13-6-3-2-4-7-13)10-11-16(12-17-15)14-8-5-9-14/h2-4,6-7,14H,5,8-12H2,1H3/t15-/m0/s1. The van der Waals surface area contributed by atoms with E-state index in [4.69, 9.17) is 4.74 Å². The molecule has 92 valence electrons. The van der Waals surface area contributed by atoms with E-state index in [0.717, 1.165) is 19.2 Å². The molecule has 0 bridgehead atoms. The summed E-state index contributed by atoms with van der Waals surface area (Å²) in [7, 11) is 0. The van der Waals surface area contributed by atoms with E-state index in [1.54, 1.807) is 0 Å². The van der Waals surface area contributed by atoms with Crippen molar-refractivity contribution in [2.75, 3.05) is 13.3 Å². The first-order valence-electron chi connectivity index (χ1n) is 6.71. The van der Waals surface area contributed by atoms with Gasteiger partial charge in [-0.15, -0.1) is 0 Å². The third-order valence-electron chi connectivity index (χ3n) is 4.40. The van der Waals surface area contributed by atoms with Crippen LogP contribution in [-0.4, -0.2) is 24.2 Å². The molecular weight excluding hydrogens is 210 g/mol. The SMILES string of the molecule is C[C@@]1(c2ccccc2)CCN(C2CCC2)CO1. The quantitative estimate of drug-likeness (QED) is 0.775. The minimum absolute atomic E-state index is 0.0818. The molecule has 3 rings (SSSR count). The van der Waals surface area contributed by atoms with Gasteiger partial charge in [0.25, 0.3) is 0 Å². The van der Waals surface area contributed by atoms with Gasteiger partial charge in [0.1, 0.15) is 6.73 Å². The highest BCUT2D eigenvalue weighted by molar-refractivity contribution is 5.22. The van der Waals surface area contributed by atoms with Gasteiger partial charge in [-0.2, -0.15) is 0 Å². The maximum Gasteiger partial charge on any atom is 0.100 e. The third kappa shape index (κ3) is 2.12. The van der Waals surface area contributed by atoms with Gasteiger partial charge >= 0.3 is 0 Å². The van der Waals surface area contributed by atoms with Crippen molar-refractivity contribution in [2.24, 2.45) is 0 Å². The molecule has 2 nitrogen and oxygen atoms in total. The Balaban J connectivity index is 1.67. The van der Waals surface area contributed by atoms with Gasteiger partial charge in [-0.05, 0) is 31.7 Å². The molecule has 1 aliphatic heterocycles. The molecule has 1 atom stereocenters. The molecule has 2 aliphatic rings. The van der Waals surface area contributed by atoms with Crippen LogP contribution in [0.15, 0.2) is 30.3 Å². The van der Waals surface area contributed by atoms with Crippen LogP contribution in [0, 0.1) is 0 Å². The molecule has 0 amide bonds. The fraction of sp³-hybridized carbons (Fsp3) is 0.600. The Morgan fingerprint density at radius 2 is 2.00 bits per heavy atom. The predicted molar refractivity (Wildman–Crippen MR) is 68.7 cm³/mol. The van der Waals surface area contributed by atoms with E-state index in [2.05, 4.69) is 42.2 Å². The summed E-state index contributed by atoms with van der Waals surface area (Å²) in [6, 6.07) is 11.4. The lowest BCUT2D eigenvalue weighted by atomic mass is 9.88. The average Bonchev–Trinajstić information content (AvgIpc) is 2.31. The molecule has 1 aromatic carbocycles. The minimum atomic E-state index is -0.0818. The normalized spacial score (nSPS) is 31.1. The van der Waals surface area contributed by atoms with Crippen LogP contribution in [0.3, 0.4) is 0 Å². The van der Waals surface area contributed by atoms with Crippen molar-refractivity contribution in [3.8, 4) is 0 Å². The van der Waals surface area contributed by atoms with Crippen LogP contribution < -0.4 is 0 Å². The van der Waals surface area contributed by atoms with Crippen molar-refractivity contribution < 1.29 is 4.74 Å². The number of hydrogen-bond acceptors (Lipinski definition) is 2. The smallest absolute Gasteiger partial charge is 0.100 e. The molecule has 0 aromatic heterocycles. The second-order valence-electron chi connectivity index (χ2n) is 5.52. The number of ether oxygens (including phenoxy) is 1. The predicted octanol–water partition coefficient (Wildman–Crippen LogP) is 3.13. The Bertz CT molecular complexity index is 364. The Kier molecular flexibility index (Phi) is 2.93. The first kappa shape index (κ1) is 11.2. The monoisotopic (exact) mass is 231 g/mol. The second kappa shape index (κ2) is 4.43. The maximum absolute atomic E-state index is 6.15. The summed E-state index contributed by atoms with van der Waals surface area (Å²) >= 11 is 0. The van der Waals surface area contributed by atoms with Crippen molar-refractivity contribution in [1.29, 1.82) is 0 Å². The first-order valence-corrected chi connectivity index (χ1v) is 6.71. The lowest BCUT2D eigenvalue weighted by molar-refractivity contribution is -0.152. The van der Waals surface area contributed by atoms with Gasteiger partial charge < -0.3 is 4.74 Å². The molecule has 0 unspecified atom stereocenters. The summed E-state index contributed by atoms with van der Waals surface area (Å²) in [5.41, 5.74) is 1.23. The van der Waals surface area contributed by atoms with Crippen LogP contribution >= 0.6 is 0 Å². The molecule has 1 aliphatic carbocycles. The zero-order valence-corrected chi connectivity index (χ0v) is 10.6. The lowest BCUT2D eigenvalue weighted by Crippen LogP contribution is -2.49. The largest absolute Gasteiger partial charge is 0.355 e. The highest BCUT2D eigenvalue weighted by Gasteiger charge is 2.36. The van der Waals surface area contributed by atoms with Gasteiger partial charge in [0.05, 0.1) is 5.60 Å². The summed E-state index contributed by atoms with van der Waals surface area (Å²) in [5, 5.41) is 0. The molecule has 2 heteroatoms. The summed E-state index contributed by atoms with van der Waals surface area (Å²) in [5.74, 6) is 0. The fourth-order valence-corrected chi connectivity index (χ4v) is 2.78. The minimum Gasteiger partial charge on any atom is -0.355 e. The molecule has 0 radical (unpaired) electrons. The van der Waals surface area contributed by atoms with Gasteiger partial charge in [0.2, 0.25) is 0 Å². The summed E-state index contributed by atoms with van der Waals surface area (Å²) in [6.45, 7) is 4.20. The molecule has 0 spiro atoms. The number of benzene rings is 1. The van der Waals surface area contributed by atoms with E-state index in [1.807, 2.05) is 0 Å². The maximum atomic E-state index is 6.15. The van der Waals surface area contributed by atoms with Gasteiger partial charge in [0, 0.05) is 12.6 Å².